The second-order valence-electron chi connectivity index (χ2n) is 6.18. The molecule has 1 aromatic carbocycles. The van der Waals surface area contributed by atoms with E-state index in [1.807, 2.05) is 30.3 Å². The number of carbonyl (C=O) groups excluding carboxylic acids is 1. The van der Waals surface area contributed by atoms with Gasteiger partial charge in [-0.15, -0.1) is 0 Å². The number of pyridine rings is 1. The van der Waals surface area contributed by atoms with E-state index < -0.39 is 11.5 Å². The van der Waals surface area contributed by atoms with Crippen molar-refractivity contribution in [1.29, 1.82) is 0 Å². The zero-order valence-electron chi connectivity index (χ0n) is 13.3. The monoisotopic (exact) mass is 328 g/mol. The van der Waals surface area contributed by atoms with Crippen molar-refractivity contribution in [2.45, 2.75) is 31.2 Å². The summed E-state index contributed by atoms with van der Waals surface area (Å²) in [6, 6.07) is 9.54. The third-order valence-electron chi connectivity index (χ3n) is 4.41. The van der Waals surface area contributed by atoms with Gasteiger partial charge in [0.1, 0.15) is 0 Å². The van der Waals surface area contributed by atoms with E-state index >= 15 is 0 Å². The molecule has 2 heterocycles. The van der Waals surface area contributed by atoms with Crippen LogP contribution in [-0.4, -0.2) is 40.7 Å². The number of hydrogen-bond donors (Lipinski definition) is 2. The van der Waals surface area contributed by atoms with Gasteiger partial charge in [0, 0.05) is 24.8 Å². The largest absolute Gasteiger partial charge is 0.481 e. The molecule has 1 aliphatic rings. The van der Waals surface area contributed by atoms with Gasteiger partial charge in [0.15, 0.2) is 0 Å². The summed E-state index contributed by atoms with van der Waals surface area (Å²) in [7, 11) is 0. The lowest BCUT2D eigenvalue weighted by Crippen LogP contribution is -2.53. The van der Waals surface area contributed by atoms with Crippen LogP contribution >= 0.6 is 0 Å². The Bertz CT molecular complexity index is 748. The van der Waals surface area contributed by atoms with Crippen molar-refractivity contribution in [3.8, 4) is 0 Å². The van der Waals surface area contributed by atoms with Crippen molar-refractivity contribution in [3.05, 3.63) is 42.1 Å². The number of amides is 1. The first-order valence-electron chi connectivity index (χ1n) is 8.01. The van der Waals surface area contributed by atoms with Gasteiger partial charge >= 0.3 is 5.97 Å². The Balaban J connectivity index is 1.77. The van der Waals surface area contributed by atoms with Crippen LogP contribution in [0.5, 0.6) is 0 Å². The van der Waals surface area contributed by atoms with Crippen LogP contribution in [0.25, 0.3) is 10.9 Å². The Morgan fingerprint density at radius 3 is 2.71 bits per heavy atom. The fourth-order valence-electron chi connectivity index (χ4n) is 3.22. The average Bonchev–Trinajstić information content (AvgIpc) is 2.55. The zero-order valence-corrected chi connectivity index (χ0v) is 13.3. The Morgan fingerprint density at radius 1 is 1.21 bits per heavy atom. The van der Waals surface area contributed by atoms with Gasteiger partial charge in [-0.25, -0.2) is 0 Å². The van der Waals surface area contributed by atoms with Gasteiger partial charge in [-0.05, 0) is 24.5 Å². The first-order chi connectivity index (χ1) is 11.6. The van der Waals surface area contributed by atoms with Gasteiger partial charge in [0.05, 0.1) is 23.9 Å². The van der Waals surface area contributed by atoms with Crippen molar-refractivity contribution in [2.24, 2.45) is 0 Å². The molecular formula is C18H20N2O4. The van der Waals surface area contributed by atoms with Crippen LogP contribution in [-0.2, 0) is 20.7 Å². The van der Waals surface area contributed by atoms with Crippen LogP contribution in [0, 0.1) is 0 Å². The van der Waals surface area contributed by atoms with Crippen LogP contribution < -0.4 is 5.32 Å². The van der Waals surface area contributed by atoms with Gasteiger partial charge in [0.2, 0.25) is 5.91 Å². The highest BCUT2D eigenvalue weighted by Gasteiger charge is 2.36. The second kappa shape index (κ2) is 6.97. The molecule has 2 aromatic rings. The third-order valence-corrected chi connectivity index (χ3v) is 4.41. The molecule has 2 N–H and O–H groups in total. The van der Waals surface area contributed by atoms with E-state index in [2.05, 4.69) is 10.3 Å². The molecule has 0 saturated carbocycles. The van der Waals surface area contributed by atoms with E-state index in [1.165, 1.54) is 0 Å². The standard InChI is InChI=1S/C18H20N2O4/c21-15(20-18(12-16(22)23)6-9-24-10-7-18)11-14-4-1-3-13-5-2-8-19-17(13)14/h1-5,8H,6-7,9-12H2,(H,20,21)(H,22,23). The Hall–Kier alpha value is -2.47. The molecule has 0 radical (unpaired) electrons. The lowest BCUT2D eigenvalue weighted by Gasteiger charge is -2.36. The summed E-state index contributed by atoms with van der Waals surface area (Å²) in [5.74, 6) is -1.10. The Morgan fingerprint density at radius 2 is 1.96 bits per heavy atom. The summed E-state index contributed by atoms with van der Waals surface area (Å²) in [6.45, 7) is 0.923. The smallest absolute Gasteiger partial charge is 0.305 e. The summed E-state index contributed by atoms with van der Waals surface area (Å²) >= 11 is 0. The zero-order chi connectivity index (χ0) is 17.0. The number of nitrogens with zero attached hydrogens (tertiary/aromatic N) is 1. The maximum absolute atomic E-state index is 12.5. The lowest BCUT2D eigenvalue weighted by molar-refractivity contribution is -0.140. The molecule has 0 atom stereocenters. The molecule has 0 aliphatic carbocycles. The van der Waals surface area contributed by atoms with Crippen molar-refractivity contribution in [2.75, 3.05) is 13.2 Å². The van der Waals surface area contributed by atoms with Crippen LogP contribution in [0.1, 0.15) is 24.8 Å². The first-order valence-corrected chi connectivity index (χ1v) is 8.01. The third kappa shape index (κ3) is 3.71. The van der Waals surface area contributed by atoms with Gasteiger partial charge in [-0.3, -0.25) is 14.6 Å². The number of benzene rings is 1. The summed E-state index contributed by atoms with van der Waals surface area (Å²) in [6.07, 6.45) is 2.82. The average molecular weight is 328 g/mol. The number of carbonyl (C=O) groups is 2. The number of nitrogens with one attached hydrogen (secondary N) is 1. The lowest BCUT2D eigenvalue weighted by atomic mass is 9.86. The first kappa shape index (κ1) is 16.4. The maximum Gasteiger partial charge on any atom is 0.305 e. The van der Waals surface area contributed by atoms with Crippen molar-refractivity contribution in [1.82, 2.24) is 10.3 Å². The fraction of sp³-hybridized carbons (Fsp3) is 0.389. The Labute approximate surface area is 139 Å². The van der Waals surface area contributed by atoms with E-state index in [4.69, 9.17) is 4.74 Å². The van der Waals surface area contributed by atoms with E-state index in [0.29, 0.717) is 26.1 Å². The molecule has 1 fully saturated rings. The molecule has 0 spiro atoms. The van der Waals surface area contributed by atoms with Gasteiger partial charge in [-0.2, -0.15) is 0 Å². The van der Waals surface area contributed by atoms with Gasteiger partial charge in [0.25, 0.3) is 0 Å². The fourth-order valence-corrected chi connectivity index (χ4v) is 3.22. The highest BCUT2D eigenvalue weighted by Crippen LogP contribution is 2.25. The van der Waals surface area contributed by atoms with Crippen LogP contribution in [0.4, 0.5) is 0 Å². The molecule has 1 amide bonds. The van der Waals surface area contributed by atoms with E-state index in [9.17, 15) is 14.7 Å². The predicted molar refractivity (Wildman–Crippen MR) is 88.6 cm³/mol. The molecular weight excluding hydrogens is 308 g/mol. The number of carboxylic acids is 1. The molecule has 1 aromatic heterocycles. The highest BCUT2D eigenvalue weighted by molar-refractivity contribution is 5.88. The van der Waals surface area contributed by atoms with Crippen LogP contribution in [0.2, 0.25) is 0 Å². The number of para-hydroxylation sites is 1. The minimum absolute atomic E-state index is 0.0874. The molecule has 1 saturated heterocycles. The highest BCUT2D eigenvalue weighted by atomic mass is 16.5. The number of aliphatic carboxylic acids is 1. The van der Waals surface area contributed by atoms with E-state index in [1.54, 1.807) is 6.20 Å². The molecule has 6 heteroatoms. The van der Waals surface area contributed by atoms with Crippen LogP contribution in [0.3, 0.4) is 0 Å². The predicted octanol–water partition coefficient (Wildman–Crippen LogP) is 1.92. The molecule has 6 nitrogen and oxygen atoms in total. The van der Waals surface area contributed by atoms with Crippen LogP contribution in [0.15, 0.2) is 36.5 Å². The Kier molecular flexibility index (Phi) is 4.76. The molecule has 24 heavy (non-hydrogen) atoms. The quantitative estimate of drug-likeness (QED) is 0.875. The number of carboxylic acid groups (broad SMARTS) is 1. The minimum Gasteiger partial charge on any atom is -0.481 e. The minimum atomic E-state index is -0.913. The molecule has 3 rings (SSSR count). The van der Waals surface area contributed by atoms with E-state index in [0.717, 1.165) is 16.5 Å². The summed E-state index contributed by atoms with van der Waals surface area (Å²) in [4.78, 5) is 28.1. The summed E-state index contributed by atoms with van der Waals surface area (Å²) in [5, 5.41) is 13.1. The summed E-state index contributed by atoms with van der Waals surface area (Å²) in [5.41, 5.74) is 0.914. The number of ether oxygens (including phenoxy) is 1. The van der Waals surface area contributed by atoms with Gasteiger partial charge in [-0.1, -0.05) is 24.3 Å². The van der Waals surface area contributed by atoms with E-state index in [-0.39, 0.29) is 18.7 Å². The van der Waals surface area contributed by atoms with Crippen molar-refractivity contribution >= 4 is 22.8 Å². The molecule has 126 valence electrons. The second-order valence-corrected chi connectivity index (χ2v) is 6.18. The van der Waals surface area contributed by atoms with Gasteiger partial charge < -0.3 is 15.2 Å². The number of rotatable bonds is 5. The summed E-state index contributed by atoms with van der Waals surface area (Å²) < 4.78 is 5.31. The van der Waals surface area contributed by atoms with Crippen molar-refractivity contribution in [3.63, 3.8) is 0 Å². The maximum atomic E-state index is 12.5. The molecule has 0 bridgehead atoms. The SMILES string of the molecule is O=C(O)CC1(NC(=O)Cc2cccc3cccnc23)CCOCC1. The normalized spacial score (nSPS) is 16.7. The number of fused-ring (bicyclic) bond motifs is 1. The molecule has 1 aliphatic heterocycles. The van der Waals surface area contributed by atoms with Crippen molar-refractivity contribution < 1.29 is 19.4 Å². The molecule has 0 unspecified atom stereocenters. The number of aromatic nitrogens is 1. The number of hydrogen-bond acceptors (Lipinski definition) is 4. The topological polar surface area (TPSA) is 88.5 Å².